The molecule has 1 unspecified atom stereocenters. The van der Waals surface area contributed by atoms with E-state index in [4.69, 9.17) is 0 Å². The summed E-state index contributed by atoms with van der Waals surface area (Å²) in [5.41, 5.74) is 8.77. The van der Waals surface area contributed by atoms with Crippen LogP contribution >= 0.6 is 0 Å². The van der Waals surface area contributed by atoms with Gasteiger partial charge in [0.1, 0.15) is 0 Å². The van der Waals surface area contributed by atoms with Gasteiger partial charge in [-0.15, -0.1) is 0 Å². The van der Waals surface area contributed by atoms with E-state index < -0.39 is 0 Å². The summed E-state index contributed by atoms with van der Waals surface area (Å²) in [6.07, 6.45) is 27.2. The molecular weight excluding hydrogens is 518 g/mol. The van der Waals surface area contributed by atoms with Gasteiger partial charge < -0.3 is 6.42 Å². The largest absolute Gasteiger partial charge is 1.00 e. The van der Waals surface area contributed by atoms with Crippen molar-refractivity contribution in [2.75, 3.05) is 0 Å². The summed E-state index contributed by atoms with van der Waals surface area (Å²) in [6, 6.07) is 2.69. The number of aryl methyl sites for hydroxylation is 1. The third-order valence-electron chi connectivity index (χ3n) is 12.0. The topological polar surface area (TPSA) is 0 Å². The van der Waals surface area contributed by atoms with Crippen LogP contribution in [0.5, 0.6) is 0 Å². The van der Waals surface area contributed by atoms with Crippen molar-refractivity contribution in [2.45, 2.75) is 149 Å². The van der Waals surface area contributed by atoms with E-state index in [9.17, 15) is 0 Å². The predicted molar refractivity (Wildman–Crippen MR) is 157 cm³/mol. The van der Waals surface area contributed by atoms with Gasteiger partial charge in [-0.1, -0.05) is 78.2 Å². The quantitative estimate of drug-likeness (QED) is 0.309. The average molecular weight is 575 g/mol. The molecule has 5 rings (SSSR count). The molecule has 0 heterocycles. The van der Waals surface area contributed by atoms with Gasteiger partial charge in [0.05, 0.1) is 0 Å². The first kappa shape index (κ1) is 31.0. The Morgan fingerprint density at radius 2 is 1.30 bits per heavy atom. The van der Waals surface area contributed by atoms with E-state index in [1.54, 1.807) is 34.2 Å². The van der Waals surface area contributed by atoms with Gasteiger partial charge in [-0.2, -0.15) is 12.8 Å². The third-order valence-corrected chi connectivity index (χ3v) is 12.0. The fourth-order valence-corrected chi connectivity index (χ4v) is 9.33. The Balaban J connectivity index is 0.00000320. The Morgan fingerprint density at radius 3 is 1.95 bits per heavy atom. The van der Waals surface area contributed by atoms with E-state index in [-0.39, 0.29) is 58.2 Å². The van der Waals surface area contributed by atoms with Gasteiger partial charge in [0.2, 0.25) is 0 Å². The molecule has 1 heteroatoms. The van der Waals surface area contributed by atoms with Crippen LogP contribution < -0.4 is 58.2 Å². The molecule has 0 aliphatic heterocycles. The summed E-state index contributed by atoms with van der Waals surface area (Å²) in [4.78, 5) is 0. The molecule has 0 spiro atoms. The Labute approximate surface area is 280 Å². The van der Waals surface area contributed by atoms with Gasteiger partial charge in [-0.25, -0.2) is 0 Å². The molecule has 0 amide bonds. The minimum Gasteiger partial charge on any atom is -0.328 e. The standard InChI is InChI=1S/C36H57.Rb/c1-25-11-13-29(14-12-25)21-30-15-17-31(18-16-30)22-33-24-32-19-20-34(23-28-9-7-6-8-10-28)36(4,5)35(32)27(3)26(33)2;/h6,24-25,28-31,34H,7-23H2,1-5H3;/q-1;+1. The van der Waals surface area contributed by atoms with Crippen molar-refractivity contribution in [3.05, 3.63) is 40.3 Å². The van der Waals surface area contributed by atoms with Crippen LogP contribution in [0.4, 0.5) is 0 Å². The first-order valence-electron chi connectivity index (χ1n) is 16.2. The van der Waals surface area contributed by atoms with Crippen molar-refractivity contribution >= 4 is 0 Å². The molecule has 37 heavy (non-hydrogen) atoms. The molecule has 3 fully saturated rings. The van der Waals surface area contributed by atoms with Gasteiger partial charge in [0, 0.05) is 0 Å². The van der Waals surface area contributed by atoms with Gasteiger partial charge in [-0.3, -0.25) is 0 Å². The fourth-order valence-electron chi connectivity index (χ4n) is 9.33. The van der Waals surface area contributed by atoms with Crippen molar-refractivity contribution in [1.82, 2.24) is 0 Å². The van der Waals surface area contributed by atoms with Crippen LogP contribution in [0.2, 0.25) is 0 Å². The first-order valence-corrected chi connectivity index (χ1v) is 16.2. The molecule has 1 aromatic rings. The van der Waals surface area contributed by atoms with Crippen LogP contribution in [-0.4, -0.2) is 0 Å². The van der Waals surface area contributed by atoms with Gasteiger partial charge in [-0.05, 0) is 128 Å². The zero-order chi connectivity index (χ0) is 25.3. The first-order chi connectivity index (χ1) is 17.3. The maximum Gasteiger partial charge on any atom is 1.00 e. The summed E-state index contributed by atoms with van der Waals surface area (Å²) in [6.45, 7) is 12.6. The van der Waals surface area contributed by atoms with Crippen LogP contribution in [0.15, 0.2) is 6.07 Å². The predicted octanol–water partition coefficient (Wildman–Crippen LogP) is 7.50. The number of hydrogen-bond donors (Lipinski definition) is 0. The summed E-state index contributed by atoms with van der Waals surface area (Å²) in [5, 5.41) is 0. The van der Waals surface area contributed by atoms with E-state index >= 15 is 0 Å². The summed E-state index contributed by atoms with van der Waals surface area (Å²) >= 11 is 0. The van der Waals surface area contributed by atoms with E-state index in [1.807, 2.05) is 0 Å². The Morgan fingerprint density at radius 1 is 0.730 bits per heavy atom. The Kier molecular flexibility index (Phi) is 11.5. The van der Waals surface area contributed by atoms with E-state index in [0.717, 1.165) is 35.5 Å². The van der Waals surface area contributed by atoms with Crippen LogP contribution in [-0.2, 0) is 18.3 Å². The zero-order valence-corrected chi connectivity index (χ0v) is 30.6. The summed E-state index contributed by atoms with van der Waals surface area (Å²) in [7, 11) is 0. The van der Waals surface area contributed by atoms with Crippen LogP contribution in [0.3, 0.4) is 0 Å². The van der Waals surface area contributed by atoms with Crippen LogP contribution in [0.25, 0.3) is 0 Å². The average Bonchev–Trinajstić information content (AvgIpc) is 2.87. The van der Waals surface area contributed by atoms with Crippen molar-refractivity contribution in [3.63, 3.8) is 0 Å². The summed E-state index contributed by atoms with van der Waals surface area (Å²) in [5.74, 6) is 5.84. The maximum absolute atomic E-state index is 2.69. The molecule has 0 nitrogen and oxygen atoms in total. The molecule has 1 aromatic carbocycles. The third kappa shape index (κ3) is 7.46. The smallest absolute Gasteiger partial charge is 0.328 e. The number of rotatable bonds is 6. The molecule has 0 bridgehead atoms. The number of hydrogen-bond acceptors (Lipinski definition) is 0. The molecule has 202 valence electrons. The Bertz CT molecular complexity index is 859. The minimum atomic E-state index is 0. The SMILES string of the molecule is Cc1c(CC2CCC(CC3CCC(C)CC3)CC2)cc2c(c1C)C(C)(C)C(CC1CC[CH-]CC1)CC2.[Rb+]. The van der Waals surface area contributed by atoms with E-state index in [0.29, 0.717) is 5.41 Å². The monoisotopic (exact) mass is 574 g/mol. The molecule has 1 atom stereocenters. The number of fused-ring (bicyclic) bond motifs is 1. The Hall–Kier alpha value is 1.03. The molecule has 0 N–H and O–H groups in total. The second-order valence-electron chi connectivity index (χ2n) is 14.8. The number of benzene rings is 1. The normalized spacial score (nSPS) is 32.4. The second kappa shape index (κ2) is 13.8. The van der Waals surface area contributed by atoms with Crippen LogP contribution in [0, 0.1) is 55.8 Å². The zero-order valence-electron chi connectivity index (χ0n) is 25.6. The summed E-state index contributed by atoms with van der Waals surface area (Å²) < 4.78 is 0. The molecule has 4 aliphatic carbocycles. The van der Waals surface area contributed by atoms with Gasteiger partial charge in [0.25, 0.3) is 0 Å². The van der Waals surface area contributed by atoms with E-state index in [2.05, 4.69) is 47.1 Å². The van der Waals surface area contributed by atoms with E-state index in [1.165, 1.54) is 103 Å². The van der Waals surface area contributed by atoms with Gasteiger partial charge in [0.15, 0.2) is 0 Å². The van der Waals surface area contributed by atoms with Gasteiger partial charge >= 0.3 is 58.2 Å². The molecule has 0 radical (unpaired) electrons. The van der Waals surface area contributed by atoms with Crippen LogP contribution in [0.1, 0.15) is 145 Å². The second-order valence-corrected chi connectivity index (χ2v) is 14.8. The minimum absolute atomic E-state index is 0. The molecule has 0 aromatic heterocycles. The molecule has 3 saturated carbocycles. The van der Waals surface area contributed by atoms with Crippen molar-refractivity contribution in [2.24, 2.45) is 35.5 Å². The van der Waals surface area contributed by atoms with Crippen molar-refractivity contribution in [3.8, 4) is 0 Å². The van der Waals surface area contributed by atoms with Crippen molar-refractivity contribution < 1.29 is 58.2 Å². The fraction of sp³-hybridized carbons (Fsp3) is 0.806. The molecule has 0 saturated heterocycles. The molecular formula is C36H57Rb. The molecule has 4 aliphatic rings. The maximum atomic E-state index is 2.69. The van der Waals surface area contributed by atoms with Crippen molar-refractivity contribution in [1.29, 1.82) is 0 Å².